The largest absolute Gasteiger partial charge is 0.373 e. The number of nitrogens with zero attached hydrogens (tertiary/aromatic N) is 2. The van der Waals surface area contributed by atoms with Crippen molar-refractivity contribution in [2.45, 2.75) is 6.92 Å². The number of aromatic nitrogens is 2. The van der Waals surface area contributed by atoms with Crippen LogP contribution in [0.5, 0.6) is 0 Å². The fourth-order valence-electron chi connectivity index (χ4n) is 2.33. The van der Waals surface area contributed by atoms with E-state index in [-0.39, 0.29) is 5.02 Å². The third-order valence-corrected chi connectivity index (χ3v) is 3.75. The average Bonchev–Trinajstić information content (AvgIpc) is 2.49. The molecular formula is C16H13ClFN3. The zero-order valence-corrected chi connectivity index (χ0v) is 12.4. The van der Waals surface area contributed by atoms with Crippen molar-refractivity contribution in [2.24, 2.45) is 0 Å². The van der Waals surface area contributed by atoms with E-state index in [1.165, 1.54) is 6.07 Å². The van der Waals surface area contributed by atoms with Gasteiger partial charge in [0.1, 0.15) is 11.6 Å². The maximum absolute atomic E-state index is 13.6. The number of benzene rings is 2. The molecule has 3 nitrogen and oxygen atoms in total. The number of halogens is 2. The lowest BCUT2D eigenvalue weighted by atomic mass is 10.1. The third kappa shape index (κ3) is 2.32. The summed E-state index contributed by atoms with van der Waals surface area (Å²) in [4.78, 5) is 8.99. The quantitative estimate of drug-likeness (QED) is 0.760. The predicted octanol–water partition coefficient (Wildman–Crippen LogP) is 4.44. The average molecular weight is 302 g/mol. The van der Waals surface area contributed by atoms with Crippen LogP contribution in [-0.4, -0.2) is 17.0 Å². The van der Waals surface area contributed by atoms with Crippen LogP contribution in [0.1, 0.15) is 5.56 Å². The monoisotopic (exact) mass is 301 g/mol. The van der Waals surface area contributed by atoms with Gasteiger partial charge in [0.05, 0.1) is 10.5 Å². The lowest BCUT2D eigenvalue weighted by molar-refractivity contribution is 0.628. The van der Waals surface area contributed by atoms with Crippen LogP contribution in [0.25, 0.3) is 22.3 Å². The summed E-state index contributed by atoms with van der Waals surface area (Å²) in [5, 5.41) is 4.06. The van der Waals surface area contributed by atoms with Crippen molar-refractivity contribution in [3.63, 3.8) is 0 Å². The Hall–Kier alpha value is -2.20. The molecule has 0 aliphatic heterocycles. The van der Waals surface area contributed by atoms with Gasteiger partial charge in [0.25, 0.3) is 0 Å². The van der Waals surface area contributed by atoms with Gasteiger partial charge in [-0.15, -0.1) is 0 Å². The molecule has 0 radical (unpaired) electrons. The highest BCUT2D eigenvalue weighted by atomic mass is 35.5. The number of anilines is 1. The number of hydrogen-bond donors (Lipinski definition) is 1. The first-order valence-corrected chi connectivity index (χ1v) is 6.89. The van der Waals surface area contributed by atoms with Gasteiger partial charge in [-0.25, -0.2) is 14.4 Å². The van der Waals surface area contributed by atoms with Crippen molar-refractivity contribution in [2.75, 3.05) is 12.4 Å². The van der Waals surface area contributed by atoms with Gasteiger partial charge in [-0.05, 0) is 30.7 Å². The van der Waals surface area contributed by atoms with Crippen LogP contribution >= 0.6 is 11.6 Å². The summed E-state index contributed by atoms with van der Waals surface area (Å²) in [6, 6.07) is 10.5. The lowest BCUT2D eigenvalue weighted by Gasteiger charge is -2.11. The van der Waals surface area contributed by atoms with Crippen molar-refractivity contribution < 1.29 is 4.39 Å². The summed E-state index contributed by atoms with van der Waals surface area (Å²) in [6.45, 7) is 2.00. The molecule has 0 spiro atoms. The maximum atomic E-state index is 13.6. The van der Waals surface area contributed by atoms with E-state index in [1.54, 1.807) is 19.2 Å². The Labute approximate surface area is 126 Å². The topological polar surface area (TPSA) is 37.8 Å². The van der Waals surface area contributed by atoms with Gasteiger partial charge in [-0.2, -0.15) is 0 Å². The fraction of sp³-hybridized carbons (Fsp3) is 0.125. The maximum Gasteiger partial charge on any atom is 0.163 e. The molecule has 0 amide bonds. The van der Waals surface area contributed by atoms with Crippen LogP contribution in [0.2, 0.25) is 5.02 Å². The highest BCUT2D eigenvalue weighted by Gasteiger charge is 2.14. The van der Waals surface area contributed by atoms with E-state index in [0.29, 0.717) is 17.2 Å². The normalized spacial score (nSPS) is 10.9. The first kappa shape index (κ1) is 13.8. The second-order valence-electron chi connectivity index (χ2n) is 4.72. The number of nitrogens with one attached hydrogen (secondary N) is 1. The van der Waals surface area contributed by atoms with E-state index in [1.807, 2.05) is 25.1 Å². The number of rotatable bonds is 2. The van der Waals surface area contributed by atoms with Crippen LogP contribution in [0, 0.1) is 12.7 Å². The standard InChI is InChI=1S/C16H13ClFN3/c1-9-5-3-8-12-13(9)16(19-2)21-15(20-12)10-6-4-7-11(18)14(10)17/h3-8H,1-2H3,(H,19,20,21). The Morgan fingerprint density at radius 2 is 1.86 bits per heavy atom. The minimum Gasteiger partial charge on any atom is -0.373 e. The van der Waals surface area contributed by atoms with E-state index >= 15 is 0 Å². The van der Waals surface area contributed by atoms with Crippen molar-refractivity contribution in [3.05, 3.63) is 52.8 Å². The van der Waals surface area contributed by atoms with Crippen LogP contribution < -0.4 is 5.32 Å². The smallest absolute Gasteiger partial charge is 0.163 e. The van der Waals surface area contributed by atoms with Crippen LogP contribution in [0.4, 0.5) is 10.2 Å². The van der Waals surface area contributed by atoms with Gasteiger partial charge in [-0.3, -0.25) is 0 Å². The summed E-state index contributed by atoms with van der Waals surface area (Å²) in [6.07, 6.45) is 0. The molecule has 0 bridgehead atoms. The van der Waals surface area contributed by atoms with Gasteiger partial charge in [-0.1, -0.05) is 29.8 Å². The molecule has 1 aromatic heterocycles. The molecule has 3 rings (SSSR count). The minimum atomic E-state index is -0.479. The molecule has 0 aliphatic carbocycles. The second-order valence-corrected chi connectivity index (χ2v) is 5.09. The van der Waals surface area contributed by atoms with Crippen molar-refractivity contribution in [1.82, 2.24) is 9.97 Å². The van der Waals surface area contributed by atoms with Crippen LogP contribution in [0.3, 0.4) is 0 Å². The number of fused-ring (bicyclic) bond motifs is 1. The Kier molecular flexibility index (Phi) is 3.47. The van der Waals surface area contributed by atoms with Crippen molar-refractivity contribution in [3.8, 4) is 11.4 Å². The van der Waals surface area contributed by atoms with Crippen LogP contribution in [-0.2, 0) is 0 Å². The molecule has 21 heavy (non-hydrogen) atoms. The molecule has 1 N–H and O–H groups in total. The predicted molar refractivity (Wildman–Crippen MR) is 84.2 cm³/mol. The first-order chi connectivity index (χ1) is 10.1. The molecule has 5 heteroatoms. The summed E-state index contributed by atoms with van der Waals surface area (Å²) >= 11 is 6.03. The Bertz CT molecular complexity index is 833. The van der Waals surface area contributed by atoms with Gasteiger partial charge < -0.3 is 5.32 Å². The molecule has 0 fully saturated rings. The molecule has 0 atom stereocenters. The van der Waals surface area contributed by atoms with Gasteiger partial charge in [0.15, 0.2) is 5.82 Å². The zero-order valence-electron chi connectivity index (χ0n) is 11.6. The zero-order chi connectivity index (χ0) is 15.0. The Morgan fingerprint density at radius 1 is 1.10 bits per heavy atom. The molecule has 0 saturated heterocycles. The molecular weight excluding hydrogens is 289 g/mol. The molecule has 106 valence electrons. The molecule has 3 aromatic rings. The van der Waals surface area contributed by atoms with Gasteiger partial charge in [0, 0.05) is 18.0 Å². The van der Waals surface area contributed by atoms with E-state index in [4.69, 9.17) is 11.6 Å². The molecule has 0 saturated carbocycles. The number of hydrogen-bond acceptors (Lipinski definition) is 3. The highest BCUT2D eigenvalue weighted by molar-refractivity contribution is 6.33. The Morgan fingerprint density at radius 3 is 2.62 bits per heavy atom. The van der Waals surface area contributed by atoms with Crippen molar-refractivity contribution >= 4 is 28.3 Å². The molecule has 0 aliphatic rings. The summed E-state index contributed by atoms with van der Waals surface area (Å²) < 4.78 is 13.6. The SMILES string of the molecule is CNc1nc(-c2cccc(F)c2Cl)nc2cccc(C)c12. The van der Waals surface area contributed by atoms with E-state index in [2.05, 4.69) is 15.3 Å². The molecule has 2 aromatic carbocycles. The van der Waals surface area contributed by atoms with Crippen LogP contribution in [0.15, 0.2) is 36.4 Å². The molecule has 1 heterocycles. The second kappa shape index (κ2) is 5.30. The van der Waals surface area contributed by atoms with E-state index < -0.39 is 5.82 Å². The van der Waals surface area contributed by atoms with Gasteiger partial charge in [0.2, 0.25) is 0 Å². The lowest BCUT2D eigenvalue weighted by Crippen LogP contribution is -2.00. The summed E-state index contributed by atoms with van der Waals surface area (Å²) in [7, 11) is 1.80. The minimum absolute atomic E-state index is 0.0338. The Balaban J connectivity index is 2.32. The molecule has 0 unspecified atom stereocenters. The van der Waals surface area contributed by atoms with E-state index in [0.717, 1.165) is 16.5 Å². The first-order valence-electron chi connectivity index (χ1n) is 6.51. The van der Waals surface area contributed by atoms with Gasteiger partial charge >= 0.3 is 0 Å². The van der Waals surface area contributed by atoms with E-state index in [9.17, 15) is 4.39 Å². The summed E-state index contributed by atoms with van der Waals surface area (Å²) in [5.74, 6) is 0.628. The third-order valence-electron chi connectivity index (χ3n) is 3.36. The highest BCUT2D eigenvalue weighted by Crippen LogP contribution is 2.31. The van der Waals surface area contributed by atoms with Crippen molar-refractivity contribution in [1.29, 1.82) is 0 Å². The fourth-order valence-corrected chi connectivity index (χ4v) is 2.54. The number of aryl methyl sites for hydroxylation is 1. The summed E-state index contributed by atoms with van der Waals surface area (Å²) in [5.41, 5.74) is 2.36.